The zero-order chi connectivity index (χ0) is 13.5. The summed E-state index contributed by atoms with van der Waals surface area (Å²) in [5, 5.41) is 6.44. The summed E-state index contributed by atoms with van der Waals surface area (Å²) in [4.78, 5) is 2.74. The zero-order valence-corrected chi connectivity index (χ0v) is 11.9. The number of likely N-dealkylation sites (tertiary alicyclic amines) is 1. The normalized spacial score (nSPS) is 22.8. The number of nitrogens with one attached hydrogen (secondary N) is 2. The second kappa shape index (κ2) is 4.88. The second-order valence-electron chi connectivity index (χ2n) is 5.52. The third-order valence-corrected chi connectivity index (χ3v) is 5.62. The predicted molar refractivity (Wildman–Crippen MR) is 71.3 cm³/mol. The van der Waals surface area contributed by atoms with Crippen molar-refractivity contribution in [2.24, 2.45) is 0 Å². The first kappa shape index (κ1) is 13.1. The third kappa shape index (κ3) is 2.82. The zero-order valence-electron chi connectivity index (χ0n) is 11.1. The quantitative estimate of drug-likeness (QED) is 0.850. The molecule has 106 valence electrons. The highest BCUT2D eigenvalue weighted by Crippen LogP contribution is 2.29. The van der Waals surface area contributed by atoms with Crippen LogP contribution in [0, 0.1) is 6.92 Å². The van der Waals surface area contributed by atoms with Crippen LogP contribution in [0.15, 0.2) is 11.1 Å². The van der Waals surface area contributed by atoms with Gasteiger partial charge in [-0.3, -0.25) is 5.10 Å². The Morgan fingerprint density at radius 1 is 1.32 bits per heavy atom. The van der Waals surface area contributed by atoms with Gasteiger partial charge in [-0.25, -0.2) is 13.1 Å². The summed E-state index contributed by atoms with van der Waals surface area (Å²) in [6.45, 7) is 3.72. The first-order valence-corrected chi connectivity index (χ1v) is 8.31. The molecule has 1 aromatic heterocycles. The number of aromatic nitrogens is 2. The highest BCUT2D eigenvalue weighted by molar-refractivity contribution is 7.89. The lowest BCUT2D eigenvalue weighted by molar-refractivity contribution is 0.199. The van der Waals surface area contributed by atoms with Crippen molar-refractivity contribution in [1.82, 2.24) is 19.8 Å². The molecule has 0 amide bonds. The van der Waals surface area contributed by atoms with Crippen molar-refractivity contribution in [3.05, 3.63) is 11.9 Å². The fourth-order valence-corrected chi connectivity index (χ4v) is 4.16. The Balaban J connectivity index is 1.61. The van der Waals surface area contributed by atoms with Gasteiger partial charge in [-0.15, -0.1) is 0 Å². The van der Waals surface area contributed by atoms with Crippen molar-refractivity contribution in [3.8, 4) is 0 Å². The molecule has 1 aliphatic carbocycles. The molecule has 1 saturated carbocycles. The van der Waals surface area contributed by atoms with E-state index in [0.29, 0.717) is 5.69 Å². The molecule has 0 spiro atoms. The van der Waals surface area contributed by atoms with E-state index in [4.69, 9.17) is 0 Å². The van der Waals surface area contributed by atoms with Gasteiger partial charge in [0.25, 0.3) is 0 Å². The number of aromatic amines is 1. The molecular weight excluding hydrogens is 264 g/mol. The van der Waals surface area contributed by atoms with Gasteiger partial charge in [0.05, 0.1) is 11.9 Å². The van der Waals surface area contributed by atoms with E-state index in [9.17, 15) is 8.42 Å². The largest absolute Gasteiger partial charge is 0.300 e. The Bertz CT molecular complexity index is 542. The van der Waals surface area contributed by atoms with E-state index in [1.807, 2.05) is 0 Å². The fraction of sp³-hybridized carbons (Fsp3) is 0.750. The summed E-state index contributed by atoms with van der Waals surface area (Å²) in [7, 11) is -3.43. The molecule has 0 radical (unpaired) electrons. The molecule has 2 aliphatic rings. The van der Waals surface area contributed by atoms with E-state index in [-0.39, 0.29) is 10.9 Å². The smallest absolute Gasteiger partial charge is 0.244 e. The molecular formula is C12H20N4O2S. The van der Waals surface area contributed by atoms with Gasteiger partial charge in [0.15, 0.2) is 0 Å². The topological polar surface area (TPSA) is 78.1 Å². The van der Waals surface area contributed by atoms with Gasteiger partial charge in [0.1, 0.15) is 4.90 Å². The highest BCUT2D eigenvalue weighted by atomic mass is 32.2. The minimum atomic E-state index is -3.43. The molecule has 2 fully saturated rings. The molecule has 0 aromatic carbocycles. The summed E-state index contributed by atoms with van der Waals surface area (Å²) in [6, 6.07) is 0.822. The summed E-state index contributed by atoms with van der Waals surface area (Å²) in [5.74, 6) is 0. The lowest BCUT2D eigenvalue weighted by Gasteiger charge is -2.32. The molecule has 7 heteroatoms. The number of hydrogen-bond donors (Lipinski definition) is 2. The Labute approximate surface area is 113 Å². The molecule has 0 unspecified atom stereocenters. The molecule has 1 aliphatic heterocycles. The molecule has 1 saturated heterocycles. The second-order valence-corrected chi connectivity index (χ2v) is 7.20. The Kier molecular flexibility index (Phi) is 3.36. The first-order chi connectivity index (χ1) is 9.06. The number of rotatable bonds is 4. The van der Waals surface area contributed by atoms with Gasteiger partial charge in [0, 0.05) is 12.1 Å². The Morgan fingerprint density at radius 3 is 2.53 bits per heavy atom. The van der Waals surface area contributed by atoms with Gasteiger partial charge in [-0.05, 0) is 45.7 Å². The van der Waals surface area contributed by atoms with Crippen molar-refractivity contribution in [1.29, 1.82) is 0 Å². The van der Waals surface area contributed by atoms with E-state index in [2.05, 4.69) is 19.8 Å². The van der Waals surface area contributed by atoms with E-state index in [0.717, 1.165) is 32.0 Å². The van der Waals surface area contributed by atoms with Gasteiger partial charge >= 0.3 is 0 Å². The molecule has 0 atom stereocenters. The summed E-state index contributed by atoms with van der Waals surface area (Å²) in [6.07, 6.45) is 5.78. The van der Waals surface area contributed by atoms with E-state index >= 15 is 0 Å². The number of sulfonamides is 1. The maximum atomic E-state index is 12.2. The fourth-order valence-electron chi connectivity index (χ4n) is 2.72. The lowest BCUT2D eigenvalue weighted by Crippen LogP contribution is -2.45. The molecule has 2 heterocycles. The molecule has 0 bridgehead atoms. The summed E-state index contributed by atoms with van der Waals surface area (Å²) < 4.78 is 27.3. The van der Waals surface area contributed by atoms with Gasteiger partial charge in [-0.1, -0.05) is 0 Å². The average molecular weight is 284 g/mol. The maximum Gasteiger partial charge on any atom is 0.244 e. The maximum absolute atomic E-state index is 12.2. The molecule has 1 aromatic rings. The molecule has 2 N–H and O–H groups in total. The van der Waals surface area contributed by atoms with Gasteiger partial charge in [0.2, 0.25) is 10.0 Å². The average Bonchev–Trinajstić information content (AvgIpc) is 3.11. The standard InChI is InChI=1S/C12H20N4O2S/c1-9-12(8-13-14-9)19(17,18)15-10-4-6-16(7-5-10)11-2-3-11/h8,10-11,15H,2-7H2,1H3,(H,13,14). The van der Waals surface area contributed by atoms with Crippen LogP contribution in [0.4, 0.5) is 0 Å². The first-order valence-electron chi connectivity index (χ1n) is 6.82. The summed E-state index contributed by atoms with van der Waals surface area (Å²) in [5.41, 5.74) is 0.586. The van der Waals surface area contributed by atoms with Crippen molar-refractivity contribution < 1.29 is 8.42 Å². The number of piperidine rings is 1. The molecule has 3 rings (SSSR count). The number of nitrogens with zero attached hydrogens (tertiary/aromatic N) is 2. The lowest BCUT2D eigenvalue weighted by atomic mass is 10.1. The number of aryl methyl sites for hydroxylation is 1. The van der Waals surface area contributed by atoms with Crippen LogP contribution in [-0.4, -0.2) is 48.7 Å². The van der Waals surface area contributed by atoms with Crippen molar-refractivity contribution >= 4 is 10.0 Å². The number of H-pyrrole nitrogens is 1. The SMILES string of the molecule is Cc1[nH]ncc1S(=O)(=O)NC1CCN(C2CC2)CC1. The minimum Gasteiger partial charge on any atom is -0.300 e. The van der Waals surface area contributed by atoms with E-state index in [1.54, 1.807) is 6.92 Å². The third-order valence-electron chi connectivity index (χ3n) is 3.99. The number of hydrogen-bond acceptors (Lipinski definition) is 4. The predicted octanol–water partition coefficient (Wildman–Crippen LogP) is 0.623. The van der Waals surface area contributed by atoms with E-state index in [1.165, 1.54) is 19.0 Å². The highest BCUT2D eigenvalue weighted by Gasteiger charge is 2.33. The van der Waals surface area contributed by atoms with Crippen LogP contribution in [0.3, 0.4) is 0 Å². The molecule has 6 nitrogen and oxygen atoms in total. The van der Waals surface area contributed by atoms with Crippen LogP contribution in [0.1, 0.15) is 31.4 Å². The van der Waals surface area contributed by atoms with Crippen molar-refractivity contribution in [2.75, 3.05) is 13.1 Å². The Hall–Kier alpha value is -0.920. The van der Waals surface area contributed by atoms with Crippen LogP contribution in [0.25, 0.3) is 0 Å². The van der Waals surface area contributed by atoms with Gasteiger partial charge < -0.3 is 4.90 Å². The summed E-state index contributed by atoms with van der Waals surface area (Å²) >= 11 is 0. The van der Waals surface area contributed by atoms with Crippen molar-refractivity contribution in [2.45, 2.75) is 49.6 Å². The van der Waals surface area contributed by atoms with E-state index < -0.39 is 10.0 Å². The molecule has 19 heavy (non-hydrogen) atoms. The minimum absolute atomic E-state index is 0.0503. The van der Waals surface area contributed by atoms with Gasteiger partial charge in [-0.2, -0.15) is 5.10 Å². The van der Waals surface area contributed by atoms with Crippen LogP contribution in [0.5, 0.6) is 0 Å². The van der Waals surface area contributed by atoms with Crippen LogP contribution >= 0.6 is 0 Å². The van der Waals surface area contributed by atoms with Crippen LogP contribution in [-0.2, 0) is 10.0 Å². The van der Waals surface area contributed by atoms with Crippen LogP contribution in [0.2, 0.25) is 0 Å². The monoisotopic (exact) mass is 284 g/mol. The van der Waals surface area contributed by atoms with Crippen molar-refractivity contribution in [3.63, 3.8) is 0 Å². The Morgan fingerprint density at radius 2 is 2.00 bits per heavy atom. The van der Waals surface area contributed by atoms with Crippen LogP contribution < -0.4 is 4.72 Å².